The Bertz CT molecular complexity index is 212. The molecule has 1 saturated carbocycles. The molecule has 0 aromatic rings. The van der Waals surface area contributed by atoms with Gasteiger partial charge in [0.25, 0.3) is 0 Å². The summed E-state index contributed by atoms with van der Waals surface area (Å²) in [6.07, 6.45) is 7.34. The summed E-state index contributed by atoms with van der Waals surface area (Å²) in [5.41, 5.74) is 0. The summed E-state index contributed by atoms with van der Waals surface area (Å²) in [6, 6.07) is 0.920. The molecular weight excluding hydrogens is 200 g/mol. The van der Waals surface area contributed by atoms with Crippen LogP contribution in [0.25, 0.3) is 0 Å². The van der Waals surface area contributed by atoms with Gasteiger partial charge in [-0.1, -0.05) is 26.2 Å². The van der Waals surface area contributed by atoms with Gasteiger partial charge in [-0.15, -0.1) is 0 Å². The third kappa shape index (κ3) is 4.12. The van der Waals surface area contributed by atoms with Crippen LogP contribution in [-0.2, 0) is 4.79 Å². The molecule has 3 nitrogen and oxygen atoms in total. The van der Waals surface area contributed by atoms with Crippen molar-refractivity contribution in [3.63, 3.8) is 0 Å². The van der Waals surface area contributed by atoms with E-state index in [0.717, 1.165) is 6.42 Å². The molecule has 16 heavy (non-hydrogen) atoms. The van der Waals surface area contributed by atoms with Crippen LogP contribution in [0.15, 0.2) is 0 Å². The monoisotopic (exact) mass is 226 g/mol. The average molecular weight is 226 g/mol. The van der Waals surface area contributed by atoms with Crippen LogP contribution in [0, 0.1) is 0 Å². The Balaban J connectivity index is 2.29. The van der Waals surface area contributed by atoms with Gasteiger partial charge in [0, 0.05) is 19.1 Å². The van der Waals surface area contributed by atoms with E-state index in [0.29, 0.717) is 18.6 Å². The maximum absolute atomic E-state index is 11.9. The zero-order valence-corrected chi connectivity index (χ0v) is 11.0. The van der Waals surface area contributed by atoms with Crippen LogP contribution >= 0.6 is 0 Å². The normalized spacial score (nSPS) is 19.4. The van der Waals surface area contributed by atoms with Crippen molar-refractivity contribution in [3.05, 3.63) is 0 Å². The molecule has 1 N–H and O–H groups in total. The summed E-state index contributed by atoms with van der Waals surface area (Å²) in [5.74, 6) is 0.243. The lowest BCUT2D eigenvalue weighted by molar-refractivity contribution is -0.131. The van der Waals surface area contributed by atoms with Crippen molar-refractivity contribution in [2.24, 2.45) is 0 Å². The van der Waals surface area contributed by atoms with E-state index < -0.39 is 0 Å². The molecule has 1 amide bonds. The fourth-order valence-corrected chi connectivity index (χ4v) is 2.20. The first-order chi connectivity index (χ1) is 7.65. The number of rotatable bonds is 5. The van der Waals surface area contributed by atoms with Gasteiger partial charge in [0.15, 0.2) is 0 Å². The van der Waals surface area contributed by atoms with Crippen LogP contribution in [-0.4, -0.2) is 36.5 Å². The molecule has 0 heterocycles. The highest BCUT2D eigenvalue weighted by Crippen LogP contribution is 2.21. The van der Waals surface area contributed by atoms with Crippen molar-refractivity contribution in [2.45, 2.75) is 64.5 Å². The van der Waals surface area contributed by atoms with Crippen molar-refractivity contribution in [2.75, 3.05) is 13.6 Å². The van der Waals surface area contributed by atoms with Gasteiger partial charge < -0.3 is 10.2 Å². The first-order valence-corrected chi connectivity index (χ1v) is 6.64. The lowest BCUT2D eigenvalue weighted by Crippen LogP contribution is -2.44. The number of nitrogens with one attached hydrogen (secondary N) is 1. The summed E-state index contributed by atoms with van der Waals surface area (Å²) in [4.78, 5) is 13.9. The Labute approximate surface area is 99.6 Å². The number of amides is 1. The topological polar surface area (TPSA) is 32.3 Å². The standard InChI is InChI=1S/C13H26N2O/c1-4-11(2)14-10-13(16)15(3)12-8-6-5-7-9-12/h11-12,14H,4-10H2,1-3H3. The molecule has 1 fully saturated rings. The number of hydrogen-bond acceptors (Lipinski definition) is 2. The van der Waals surface area contributed by atoms with E-state index in [1.165, 1.54) is 32.1 Å². The van der Waals surface area contributed by atoms with Crippen LogP contribution < -0.4 is 5.32 Å². The molecule has 0 spiro atoms. The molecule has 1 rings (SSSR count). The summed E-state index contributed by atoms with van der Waals surface area (Å²) in [6.45, 7) is 4.74. The van der Waals surface area contributed by atoms with Gasteiger partial charge in [-0.05, 0) is 26.2 Å². The second kappa shape index (κ2) is 6.89. The van der Waals surface area contributed by atoms with E-state index >= 15 is 0 Å². The quantitative estimate of drug-likeness (QED) is 0.779. The van der Waals surface area contributed by atoms with Crippen LogP contribution in [0.2, 0.25) is 0 Å². The van der Waals surface area contributed by atoms with Crippen molar-refractivity contribution in [1.82, 2.24) is 10.2 Å². The molecule has 0 aromatic heterocycles. The van der Waals surface area contributed by atoms with Crippen LogP contribution in [0.5, 0.6) is 0 Å². The van der Waals surface area contributed by atoms with Gasteiger partial charge in [-0.25, -0.2) is 0 Å². The number of hydrogen-bond donors (Lipinski definition) is 1. The molecule has 1 unspecified atom stereocenters. The highest BCUT2D eigenvalue weighted by atomic mass is 16.2. The Hall–Kier alpha value is -0.570. The first-order valence-electron chi connectivity index (χ1n) is 6.64. The van der Waals surface area contributed by atoms with Crippen LogP contribution in [0.4, 0.5) is 0 Å². The molecule has 0 aromatic carbocycles. The smallest absolute Gasteiger partial charge is 0.236 e. The first kappa shape index (κ1) is 13.5. The van der Waals surface area contributed by atoms with Gasteiger partial charge in [-0.2, -0.15) is 0 Å². The molecule has 0 aliphatic heterocycles. The maximum atomic E-state index is 11.9. The lowest BCUT2D eigenvalue weighted by Gasteiger charge is -2.31. The molecule has 3 heteroatoms. The largest absolute Gasteiger partial charge is 0.342 e. The van der Waals surface area contributed by atoms with Gasteiger partial charge in [-0.3, -0.25) is 4.79 Å². The molecular formula is C13H26N2O. The Morgan fingerprint density at radius 3 is 2.56 bits per heavy atom. The number of carbonyl (C=O) groups is 1. The number of likely N-dealkylation sites (N-methyl/N-ethyl adjacent to an activating group) is 1. The minimum Gasteiger partial charge on any atom is -0.342 e. The highest BCUT2D eigenvalue weighted by molar-refractivity contribution is 5.78. The minimum absolute atomic E-state index is 0.243. The highest BCUT2D eigenvalue weighted by Gasteiger charge is 2.21. The second-order valence-corrected chi connectivity index (χ2v) is 4.99. The fourth-order valence-electron chi connectivity index (χ4n) is 2.20. The summed E-state index contributed by atoms with van der Waals surface area (Å²) in [5, 5.41) is 3.26. The van der Waals surface area contributed by atoms with Crippen LogP contribution in [0.1, 0.15) is 52.4 Å². The minimum atomic E-state index is 0.243. The second-order valence-electron chi connectivity index (χ2n) is 4.99. The summed E-state index contributed by atoms with van der Waals surface area (Å²) in [7, 11) is 1.95. The number of nitrogens with zero attached hydrogens (tertiary/aromatic N) is 1. The number of carbonyl (C=O) groups excluding carboxylic acids is 1. The molecule has 1 aliphatic carbocycles. The molecule has 1 atom stereocenters. The van der Waals surface area contributed by atoms with E-state index in [-0.39, 0.29) is 5.91 Å². The van der Waals surface area contributed by atoms with Gasteiger partial charge in [0.1, 0.15) is 0 Å². The predicted octanol–water partition coefficient (Wildman–Crippen LogP) is 2.17. The van der Waals surface area contributed by atoms with E-state index in [1.54, 1.807) is 0 Å². The average Bonchev–Trinajstić information content (AvgIpc) is 2.35. The fraction of sp³-hybridized carbons (Fsp3) is 0.923. The third-order valence-electron chi connectivity index (χ3n) is 3.73. The molecule has 94 valence electrons. The third-order valence-corrected chi connectivity index (χ3v) is 3.73. The summed E-state index contributed by atoms with van der Waals surface area (Å²) < 4.78 is 0. The zero-order valence-electron chi connectivity index (χ0n) is 11.0. The maximum Gasteiger partial charge on any atom is 0.236 e. The van der Waals surface area contributed by atoms with Crippen molar-refractivity contribution in [1.29, 1.82) is 0 Å². The van der Waals surface area contributed by atoms with E-state index in [1.807, 2.05) is 11.9 Å². The molecule has 0 saturated heterocycles. The lowest BCUT2D eigenvalue weighted by atomic mass is 9.94. The van der Waals surface area contributed by atoms with Crippen LogP contribution in [0.3, 0.4) is 0 Å². The van der Waals surface area contributed by atoms with Crippen molar-refractivity contribution < 1.29 is 4.79 Å². The van der Waals surface area contributed by atoms with E-state index in [2.05, 4.69) is 19.2 Å². The molecule has 0 bridgehead atoms. The predicted molar refractivity (Wildman–Crippen MR) is 67.4 cm³/mol. The Morgan fingerprint density at radius 1 is 1.38 bits per heavy atom. The molecule has 0 radical (unpaired) electrons. The SMILES string of the molecule is CCC(C)NCC(=O)N(C)C1CCCCC1. The van der Waals surface area contributed by atoms with Gasteiger partial charge in [0.2, 0.25) is 5.91 Å². The van der Waals surface area contributed by atoms with Crippen molar-refractivity contribution in [3.8, 4) is 0 Å². The Morgan fingerprint density at radius 2 is 2.00 bits per heavy atom. The summed E-state index contributed by atoms with van der Waals surface area (Å²) >= 11 is 0. The van der Waals surface area contributed by atoms with Gasteiger partial charge in [0.05, 0.1) is 6.54 Å². The molecule has 1 aliphatic rings. The zero-order chi connectivity index (χ0) is 12.0. The van der Waals surface area contributed by atoms with Gasteiger partial charge >= 0.3 is 0 Å². The van der Waals surface area contributed by atoms with Crippen molar-refractivity contribution >= 4 is 5.91 Å². The van der Waals surface area contributed by atoms with E-state index in [9.17, 15) is 4.79 Å². The Kier molecular flexibility index (Phi) is 5.81. The van der Waals surface area contributed by atoms with E-state index in [4.69, 9.17) is 0 Å².